The number of ether oxygens (including phenoxy) is 1. The SMILES string of the molecule is COCCNCc1ccn(-c2c(F)ccc(C)c2F)n1. The van der Waals surface area contributed by atoms with E-state index in [2.05, 4.69) is 10.4 Å². The predicted molar refractivity (Wildman–Crippen MR) is 71.8 cm³/mol. The molecule has 0 unspecified atom stereocenters. The average molecular weight is 281 g/mol. The van der Waals surface area contributed by atoms with Crippen LogP contribution in [0.25, 0.3) is 5.69 Å². The van der Waals surface area contributed by atoms with Gasteiger partial charge in [-0.15, -0.1) is 0 Å². The van der Waals surface area contributed by atoms with Gasteiger partial charge in [0.15, 0.2) is 11.6 Å². The van der Waals surface area contributed by atoms with Crippen molar-refractivity contribution >= 4 is 0 Å². The molecular formula is C14H17F2N3O. The van der Waals surface area contributed by atoms with Crippen LogP contribution in [0.1, 0.15) is 11.3 Å². The third-order valence-corrected chi connectivity index (χ3v) is 2.92. The molecule has 0 saturated carbocycles. The van der Waals surface area contributed by atoms with E-state index in [1.165, 1.54) is 16.8 Å². The third-order valence-electron chi connectivity index (χ3n) is 2.92. The standard InChI is InChI=1S/C14H17F2N3O/c1-10-3-4-12(15)14(13(10)16)19-7-5-11(18-19)9-17-6-8-20-2/h3-5,7,17H,6,8-9H2,1-2H3. The van der Waals surface area contributed by atoms with Crippen molar-refractivity contribution in [1.82, 2.24) is 15.1 Å². The molecule has 1 aromatic heterocycles. The highest BCUT2D eigenvalue weighted by Gasteiger charge is 2.14. The Hall–Kier alpha value is -1.79. The topological polar surface area (TPSA) is 39.1 Å². The molecule has 108 valence electrons. The van der Waals surface area contributed by atoms with E-state index in [1.807, 2.05) is 0 Å². The van der Waals surface area contributed by atoms with E-state index in [-0.39, 0.29) is 5.69 Å². The van der Waals surface area contributed by atoms with Gasteiger partial charge in [-0.05, 0) is 24.6 Å². The van der Waals surface area contributed by atoms with Gasteiger partial charge >= 0.3 is 0 Å². The lowest BCUT2D eigenvalue weighted by atomic mass is 10.2. The number of halogens is 2. The second-order valence-corrected chi connectivity index (χ2v) is 4.45. The number of aromatic nitrogens is 2. The van der Waals surface area contributed by atoms with Crippen molar-refractivity contribution in [2.24, 2.45) is 0 Å². The van der Waals surface area contributed by atoms with E-state index in [9.17, 15) is 8.78 Å². The molecule has 0 fully saturated rings. The van der Waals surface area contributed by atoms with E-state index in [1.54, 1.807) is 26.3 Å². The van der Waals surface area contributed by atoms with Gasteiger partial charge < -0.3 is 10.1 Å². The number of methoxy groups -OCH3 is 1. The molecule has 0 aliphatic heterocycles. The fourth-order valence-electron chi connectivity index (χ4n) is 1.82. The van der Waals surface area contributed by atoms with Crippen LogP contribution in [0.4, 0.5) is 8.78 Å². The van der Waals surface area contributed by atoms with Crippen molar-refractivity contribution in [3.05, 3.63) is 47.3 Å². The summed E-state index contributed by atoms with van der Waals surface area (Å²) in [6.07, 6.45) is 1.55. The van der Waals surface area contributed by atoms with E-state index in [0.717, 1.165) is 0 Å². The fourth-order valence-corrected chi connectivity index (χ4v) is 1.82. The third kappa shape index (κ3) is 3.20. The van der Waals surface area contributed by atoms with E-state index < -0.39 is 11.6 Å². The number of nitrogens with one attached hydrogen (secondary N) is 1. The van der Waals surface area contributed by atoms with E-state index in [4.69, 9.17) is 4.74 Å². The summed E-state index contributed by atoms with van der Waals surface area (Å²) >= 11 is 0. The molecule has 0 aliphatic carbocycles. The maximum Gasteiger partial charge on any atom is 0.154 e. The van der Waals surface area contributed by atoms with Crippen LogP contribution in [0.15, 0.2) is 24.4 Å². The van der Waals surface area contributed by atoms with Gasteiger partial charge in [-0.3, -0.25) is 0 Å². The van der Waals surface area contributed by atoms with Crippen LogP contribution in [0.2, 0.25) is 0 Å². The van der Waals surface area contributed by atoms with Gasteiger partial charge in [-0.1, -0.05) is 6.07 Å². The van der Waals surface area contributed by atoms with Crippen LogP contribution in [-0.4, -0.2) is 30.0 Å². The fraction of sp³-hybridized carbons (Fsp3) is 0.357. The molecule has 2 aromatic rings. The van der Waals surface area contributed by atoms with E-state index in [0.29, 0.717) is 31.0 Å². The average Bonchev–Trinajstić information content (AvgIpc) is 2.88. The minimum Gasteiger partial charge on any atom is -0.383 e. The quantitative estimate of drug-likeness (QED) is 0.825. The molecular weight excluding hydrogens is 264 g/mol. The summed E-state index contributed by atoms with van der Waals surface area (Å²) in [5, 5.41) is 7.29. The largest absolute Gasteiger partial charge is 0.383 e. The van der Waals surface area contributed by atoms with Gasteiger partial charge in [0.1, 0.15) is 5.69 Å². The summed E-state index contributed by atoms with van der Waals surface area (Å²) in [6.45, 7) is 3.40. The van der Waals surface area contributed by atoms with Crippen LogP contribution in [0.5, 0.6) is 0 Å². The lowest BCUT2D eigenvalue weighted by molar-refractivity contribution is 0.199. The number of aryl methyl sites for hydroxylation is 1. The molecule has 0 aliphatic rings. The van der Waals surface area contributed by atoms with Crippen molar-refractivity contribution < 1.29 is 13.5 Å². The maximum atomic E-state index is 14.0. The Morgan fingerprint density at radius 2 is 2.10 bits per heavy atom. The smallest absolute Gasteiger partial charge is 0.154 e. The molecule has 0 amide bonds. The Kier molecular flexibility index (Phi) is 4.81. The molecule has 1 aromatic carbocycles. The first-order chi connectivity index (χ1) is 9.63. The zero-order valence-electron chi connectivity index (χ0n) is 11.5. The van der Waals surface area contributed by atoms with Gasteiger partial charge in [0.25, 0.3) is 0 Å². The first-order valence-corrected chi connectivity index (χ1v) is 6.32. The van der Waals surface area contributed by atoms with Crippen molar-refractivity contribution in [3.63, 3.8) is 0 Å². The van der Waals surface area contributed by atoms with Crippen LogP contribution in [-0.2, 0) is 11.3 Å². The summed E-state index contributed by atoms with van der Waals surface area (Å²) in [5.74, 6) is -1.22. The second kappa shape index (κ2) is 6.58. The van der Waals surface area contributed by atoms with Crippen LogP contribution < -0.4 is 5.32 Å². The van der Waals surface area contributed by atoms with E-state index >= 15 is 0 Å². The lowest BCUT2D eigenvalue weighted by Crippen LogP contribution is -2.19. The molecule has 0 atom stereocenters. The summed E-state index contributed by atoms with van der Waals surface area (Å²) in [6, 6.07) is 4.37. The lowest BCUT2D eigenvalue weighted by Gasteiger charge is -2.07. The van der Waals surface area contributed by atoms with Crippen LogP contribution >= 0.6 is 0 Å². The monoisotopic (exact) mass is 281 g/mol. The zero-order chi connectivity index (χ0) is 14.5. The molecule has 2 rings (SSSR count). The highest BCUT2D eigenvalue weighted by molar-refractivity contribution is 5.38. The van der Waals surface area contributed by atoms with Gasteiger partial charge in [0.2, 0.25) is 0 Å². The summed E-state index contributed by atoms with van der Waals surface area (Å²) in [5.41, 5.74) is 0.950. The molecule has 0 bridgehead atoms. The summed E-state index contributed by atoms with van der Waals surface area (Å²) in [7, 11) is 1.62. The second-order valence-electron chi connectivity index (χ2n) is 4.45. The molecule has 0 saturated heterocycles. The Morgan fingerprint density at radius 1 is 1.30 bits per heavy atom. The molecule has 4 nitrogen and oxygen atoms in total. The normalized spacial score (nSPS) is 11.0. The van der Waals surface area contributed by atoms with Crippen molar-refractivity contribution in [2.45, 2.75) is 13.5 Å². The minimum atomic E-state index is -0.630. The van der Waals surface area contributed by atoms with Gasteiger partial charge in [-0.2, -0.15) is 5.10 Å². The number of hydrogen-bond acceptors (Lipinski definition) is 3. The highest BCUT2D eigenvalue weighted by atomic mass is 19.1. The number of hydrogen-bond donors (Lipinski definition) is 1. The Balaban J connectivity index is 2.15. The van der Waals surface area contributed by atoms with Crippen molar-refractivity contribution in [1.29, 1.82) is 0 Å². The molecule has 0 radical (unpaired) electrons. The minimum absolute atomic E-state index is 0.145. The molecule has 1 N–H and O–H groups in total. The van der Waals surface area contributed by atoms with Gasteiger partial charge in [0.05, 0.1) is 12.3 Å². The zero-order valence-corrected chi connectivity index (χ0v) is 11.5. The molecule has 0 spiro atoms. The number of nitrogens with zero attached hydrogens (tertiary/aromatic N) is 2. The van der Waals surface area contributed by atoms with Gasteiger partial charge in [-0.25, -0.2) is 13.5 Å². The molecule has 1 heterocycles. The molecule has 6 heteroatoms. The van der Waals surface area contributed by atoms with Crippen molar-refractivity contribution in [3.8, 4) is 5.69 Å². The van der Waals surface area contributed by atoms with Crippen LogP contribution in [0.3, 0.4) is 0 Å². The number of benzene rings is 1. The Bertz CT molecular complexity index is 584. The first-order valence-electron chi connectivity index (χ1n) is 6.32. The number of rotatable bonds is 6. The first kappa shape index (κ1) is 14.6. The van der Waals surface area contributed by atoms with Crippen molar-refractivity contribution in [2.75, 3.05) is 20.3 Å². The highest BCUT2D eigenvalue weighted by Crippen LogP contribution is 2.20. The summed E-state index contributed by atoms with van der Waals surface area (Å²) < 4.78 is 33.9. The summed E-state index contributed by atoms with van der Waals surface area (Å²) in [4.78, 5) is 0. The predicted octanol–water partition coefficient (Wildman–Crippen LogP) is 2.19. The Morgan fingerprint density at radius 3 is 2.85 bits per heavy atom. The Labute approximate surface area is 116 Å². The molecule has 20 heavy (non-hydrogen) atoms. The van der Waals surface area contributed by atoms with Gasteiger partial charge in [0, 0.05) is 26.4 Å². The van der Waals surface area contributed by atoms with Crippen LogP contribution in [0, 0.1) is 18.6 Å². The maximum absolute atomic E-state index is 14.0.